The van der Waals surface area contributed by atoms with Crippen molar-refractivity contribution < 1.29 is 13.9 Å². The van der Waals surface area contributed by atoms with Crippen LogP contribution in [-0.4, -0.2) is 46.2 Å². The fourth-order valence-electron chi connectivity index (χ4n) is 4.16. The van der Waals surface area contributed by atoms with Gasteiger partial charge in [-0.05, 0) is 64.0 Å². The first-order valence-electron chi connectivity index (χ1n) is 9.42. The lowest BCUT2D eigenvalue weighted by molar-refractivity contribution is -0.00692. The quantitative estimate of drug-likeness (QED) is 0.893. The van der Waals surface area contributed by atoms with Crippen LogP contribution in [0.15, 0.2) is 30.6 Å². The summed E-state index contributed by atoms with van der Waals surface area (Å²) >= 11 is 0. The van der Waals surface area contributed by atoms with Gasteiger partial charge in [0, 0.05) is 23.8 Å². The van der Waals surface area contributed by atoms with Gasteiger partial charge in [0.25, 0.3) is 0 Å². The largest absolute Gasteiger partial charge is 0.441 e. The molecule has 1 aromatic heterocycles. The van der Waals surface area contributed by atoms with E-state index < -0.39 is 5.60 Å². The Hall–Kier alpha value is -2.41. The predicted octanol–water partition coefficient (Wildman–Crippen LogP) is 3.48. The molecule has 1 aromatic carbocycles. The molecule has 1 N–H and O–H groups in total. The summed E-state index contributed by atoms with van der Waals surface area (Å²) in [6.45, 7) is 7.33. The van der Waals surface area contributed by atoms with Gasteiger partial charge in [-0.3, -0.25) is 9.80 Å². The third-order valence-electron chi connectivity index (χ3n) is 5.91. The van der Waals surface area contributed by atoms with Crippen LogP contribution < -0.4 is 4.90 Å². The number of amides is 1. The summed E-state index contributed by atoms with van der Waals surface area (Å²) in [5.74, 6) is -0.00275. The Balaban J connectivity index is 1.38. The van der Waals surface area contributed by atoms with Crippen molar-refractivity contribution in [2.24, 2.45) is 5.92 Å². The van der Waals surface area contributed by atoms with E-state index in [0.29, 0.717) is 18.2 Å². The van der Waals surface area contributed by atoms with Crippen molar-refractivity contribution in [2.45, 2.75) is 38.8 Å². The number of hydrogen-bond donors (Lipinski definition) is 1. The van der Waals surface area contributed by atoms with Gasteiger partial charge in [-0.15, -0.1) is 0 Å². The monoisotopic (exact) mass is 372 g/mol. The van der Waals surface area contributed by atoms with Gasteiger partial charge in [0.15, 0.2) is 0 Å². The fraction of sp³-hybridized carbons (Fsp3) is 0.500. The molecule has 1 atom stereocenters. The molecule has 0 unspecified atom stereocenters. The van der Waals surface area contributed by atoms with E-state index in [1.165, 1.54) is 12.1 Å². The van der Waals surface area contributed by atoms with Crippen LogP contribution in [0.2, 0.25) is 0 Å². The second-order valence-corrected chi connectivity index (χ2v) is 7.77. The molecule has 7 heteroatoms. The lowest BCUT2D eigenvalue weighted by atomic mass is 9.81. The highest BCUT2D eigenvalue weighted by molar-refractivity contribution is 5.90. The molecule has 1 amide bonds. The van der Waals surface area contributed by atoms with Crippen molar-refractivity contribution in [3.8, 4) is 0 Å². The predicted molar refractivity (Wildman–Crippen MR) is 100.0 cm³/mol. The smallest absolute Gasteiger partial charge is 0.415 e. The number of ether oxygens (including phenoxy) is 1. The molecule has 6 nitrogen and oxygen atoms in total. The Bertz CT molecular complexity index is 814. The number of anilines is 1. The molecule has 2 fully saturated rings. The zero-order chi connectivity index (χ0) is 19.0. The van der Waals surface area contributed by atoms with Crippen LogP contribution in [-0.2, 0) is 11.3 Å². The molecular weight excluding hydrogens is 347 g/mol. The lowest BCUT2D eigenvalue weighted by Gasteiger charge is -2.38. The Kier molecular flexibility index (Phi) is 4.63. The Morgan fingerprint density at radius 3 is 2.63 bits per heavy atom. The van der Waals surface area contributed by atoms with Gasteiger partial charge in [-0.1, -0.05) is 0 Å². The maximum atomic E-state index is 13.2. The summed E-state index contributed by atoms with van der Waals surface area (Å²) in [5.41, 5.74) is 2.37. The molecule has 144 valence electrons. The minimum atomic E-state index is -0.514. The minimum absolute atomic E-state index is 0.309. The average molecular weight is 372 g/mol. The highest BCUT2D eigenvalue weighted by atomic mass is 19.1. The Morgan fingerprint density at radius 1 is 1.30 bits per heavy atom. The van der Waals surface area contributed by atoms with Crippen molar-refractivity contribution in [1.82, 2.24) is 14.9 Å². The molecule has 0 radical (unpaired) electrons. The first-order valence-corrected chi connectivity index (χ1v) is 9.42. The van der Waals surface area contributed by atoms with Crippen LogP contribution in [0, 0.1) is 18.7 Å². The number of nitrogens with zero attached hydrogens (tertiary/aromatic N) is 3. The van der Waals surface area contributed by atoms with Gasteiger partial charge >= 0.3 is 6.09 Å². The summed E-state index contributed by atoms with van der Waals surface area (Å²) in [6, 6.07) is 5.98. The van der Waals surface area contributed by atoms with E-state index in [1.807, 2.05) is 13.8 Å². The normalized spacial score (nSPS) is 24.4. The average Bonchev–Trinajstić information content (AvgIpc) is 3.19. The van der Waals surface area contributed by atoms with Crippen LogP contribution in [0.25, 0.3) is 0 Å². The number of aromatic amines is 1. The molecule has 0 saturated carbocycles. The highest BCUT2D eigenvalue weighted by Crippen LogP contribution is 2.38. The number of likely N-dealkylation sites (tertiary alicyclic amines) is 1. The number of nitrogens with one attached hydrogen (secondary N) is 1. The molecule has 27 heavy (non-hydrogen) atoms. The van der Waals surface area contributed by atoms with E-state index in [1.54, 1.807) is 23.4 Å². The molecule has 2 aromatic rings. The first-order chi connectivity index (χ1) is 12.9. The Morgan fingerprint density at radius 2 is 2.00 bits per heavy atom. The van der Waals surface area contributed by atoms with Crippen molar-refractivity contribution in [3.05, 3.63) is 47.8 Å². The third kappa shape index (κ3) is 3.56. The van der Waals surface area contributed by atoms with E-state index in [2.05, 4.69) is 14.9 Å². The number of imidazole rings is 1. The Labute approximate surface area is 158 Å². The molecule has 4 rings (SSSR count). The number of rotatable bonds is 4. The SMILES string of the molecule is Cc1[nH]cnc1CN1CCC([C@]2(C)CN(c3ccc(F)cc3)C(=O)O2)CC1. The van der Waals surface area contributed by atoms with Crippen LogP contribution >= 0.6 is 0 Å². The molecule has 2 aliphatic heterocycles. The van der Waals surface area contributed by atoms with Crippen molar-refractivity contribution in [3.63, 3.8) is 0 Å². The third-order valence-corrected chi connectivity index (χ3v) is 5.91. The van der Waals surface area contributed by atoms with E-state index in [0.717, 1.165) is 43.9 Å². The minimum Gasteiger partial charge on any atom is -0.441 e. The maximum Gasteiger partial charge on any atom is 0.415 e. The number of piperidine rings is 1. The van der Waals surface area contributed by atoms with Gasteiger partial charge in [-0.25, -0.2) is 14.2 Å². The number of cyclic esters (lactones) is 1. The van der Waals surface area contributed by atoms with Gasteiger partial charge in [0.1, 0.15) is 11.4 Å². The van der Waals surface area contributed by atoms with E-state index in [4.69, 9.17) is 4.74 Å². The molecule has 0 aliphatic carbocycles. The molecule has 3 heterocycles. The summed E-state index contributed by atoms with van der Waals surface area (Å²) in [4.78, 5) is 23.9. The maximum absolute atomic E-state index is 13.2. The number of benzene rings is 1. The first kappa shape index (κ1) is 18.0. The standard InChI is InChI=1S/C20H25FN4O2/c1-14-18(23-13-22-14)11-24-9-7-15(8-10-24)20(2)12-25(19(26)27-20)17-5-3-16(21)4-6-17/h3-6,13,15H,7-12H2,1-2H3,(H,22,23)/t20-/m0/s1. The zero-order valence-corrected chi connectivity index (χ0v) is 15.7. The molecular formula is C20H25FN4O2. The number of carbonyl (C=O) groups is 1. The van der Waals surface area contributed by atoms with Gasteiger partial charge in [0.2, 0.25) is 0 Å². The number of aryl methyl sites for hydroxylation is 1. The van der Waals surface area contributed by atoms with Crippen molar-refractivity contribution in [2.75, 3.05) is 24.5 Å². The molecule has 0 spiro atoms. The van der Waals surface area contributed by atoms with Crippen molar-refractivity contribution >= 4 is 11.8 Å². The second-order valence-electron chi connectivity index (χ2n) is 7.77. The number of carbonyl (C=O) groups excluding carboxylic acids is 1. The second kappa shape index (κ2) is 6.96. The zero-order valence-electron chi connectivity index (χ0n) is 15.7. The number of hydrogen-bond acceptors (Lipinski definition) is 4. The van der Waals surface area contributed by atoms with Crippen LogP contribution in [0.1, 0.15) is 31.2 Å². The van der Waals surface area contributed by atoms with Crippen LogP contribution in [0.5, 0.6) is 0 Å². The molecule has 0 bridgehead atoms. The molecule has 2 saturated heterocycles. The lowest BCUT2D eigenvalue weighted by Crippen LogP contribution is -2.45. The van der Waals surface area contributed by atoms with Gasteiger partial charge in [0.05, 0.1) is 18.6 Å². The van der Waals surface area contributed by atoms with E-state index >= 15 is 0 Å². The molecule has 2 aliphatic rings. The van der Waals surface area contributed by atoms with Crippen molar-refractivity contribution in [1.29, 1.82) is 0 Å². The van der Waals surface area contributed by atoms with Crippen LogP contribution in [0.4, 0.5) is 14.9 Å². The van der Waals surface area contributed by atoms with E-state index in [-0.39, 0.29) is 11.9 Å². The van der Waals surface area contributed by atoms with Gasteiger partial charge in [-0.2, -0.15) is 0 Å². The summed E-state index contributed by atoms with van der Waals surface area (Å²) in [7, 11) is 0. The summed E-state index contributed by atoms with van der Waals surface area (Å²) in [6.07, 6.45) is 3.34. The number of halogens is 1. The number of H-pyrrole nitrogens is 1. The fourth-order valence-corrected chi connectivity index (χ4v) is 4.16. The number of aromatic nitrogens is 2. The van der Waals surface area contributed by atoms with Crippen LogP contribution in [0.3, 0.4) is 0 Å². The highest BCUT2D eigenvalue weighted by Gasteiger charge is 2.48. The summed E-state index contributed by atoms with van der Waals surface area (Å²) in [5, 5.41) is 0. The summed E-state index contributed by atoms with van der Waals surface area (Å²) < 4.78 is 19.0. The topological polar surface area (TPSA) is 61.5 Å². The van der Waals surface area contributed by atoms with Gasteiger partial charge < -0.3 is 9.72 Å². The van der Waals surface area contributed by atoms with E-state index in [9.17, 15) is 9.18 Å².